The predicted octanol–water partition coefficient (Wildman–Crippen LogP) is 4.30. The van der Waals surface area contributed by atoms with Crippen molar-refractivity contribution in [3.63, 3.8) is 0 Å². The molecular formula is C35H39N3O5. The molecule has 3 unspecified atom stereocenters. The SMILES string of the molecule is Cc1ccc(C)c(NC(=O)C2N([C@H](CO)c3ccccc3)C(=O)[C@@H]3[C@@H](C(=O)NCc4ccccc4)[C@]4(C)OC23CC4C)c1. The number of aliphatic hydroxyl groups is 1. The second-order valence-corrected chi connectivity index (χ2v) is 12.6. The molecule has 3 saturated heterocycles. The molecule has 2 bridgehead atoms. The number of nitrogens with zero attached hydrogens (tertiary/aromatic N) is 1. The first kappa shape index (κ1) is 29.1. The highest BCUT2D eigenvalue weighted by atomic mass is 16.5. The van der Waals surface area contributed by atoms with E-state index < -0.39 is 35.1 Å². The minimum atomic E-state index is -1.23. The minimum Gasteiger partial charge on any atom is -0.394 e. The fourth-order valence-corrected chi connectivity index (χ4v) is 7.71. The van der Waals surface area contributed by atoms with Crippen LogP contribution in [0.25, 0.3) is 0 Å². The summed E-state index contributed by atoms with van der Waals surface area (Å²) in [5.74, 6) is -2.78. The van der Waals surface area contributed by atoms with Gasteiger partial charge in [-0.2, -0.15) is 0 Å². The Morgan fingerprint density at radius 3 is 2.37 bits per heavy atom. The van der Waals surface area contributed by atoms with Gasteiger partial charge >= 0.3 is 0 Å². The van der Waals surface area contributed by atoms with Crippen molar-refractivity contribution in [2.24, 2.45) is 17.8 Å². The fourth-order valence-electron chi connectivity index (χ4n) is 7.71. The molecule has 0 radical (unpaired) electrons. The van der Waals surface area contributed by atoms with E-state index in [1.165, 1.54) is 4.90 Å². The number of aryl methyl sites for hydroxylation is 2. The van der Waals surface area contributed by atoms with Crippen LogP contribution >= 0.6 is 0 Å². The molecule has 0 aliphatic carbocycles. The lowest BCUT2D eigenvalue weighted by Crippen LogP contribution is -2.55. The molecule has 0 saturated carbocycles. The van der Waals surface area contributed by atoms with Crippen molar-refractivity contribution < 1.29 is 24.2 Å². The van der Waals surface area contributed by atoms with Gasteiger partial charge < -0.3 is 25.4 Å². The molecule has 8 heteroatoms. The van der Waals surface area contributed by atoms with Gasteiger partial charge in [0.05, 0.1) is 30.1 Å². The second-order valence-electron chi connectivity index (χ2n) is 12.6. The lowest BCUT2D eigenvalue weighted by molar-refractivity contribution is -0.149. The van der Waals surface area contributed by atoms with Crippen LogP contribution in [-0.4, -0.2) is 51.6 Å². The monoisotopic (exact) mass is 581 g/mol. The molecule has 0 aromatic heterocycles. The van der Waals surface area contributed by atoms with Crippen LogP contribution in [0.3, 0.4) is 0 Å². The Morgan fingerprint density at radius 1 is 1.02 bits per heavy atom. The van der Waals surface area contributed by atoms with Crippen LogP contribution in [0.2, 0.25) is 0 Å². The molecule has 3 aromatic rings. The fraction of sp³-hybridized carbons (Fsp3) is 0.400. The maximum atomic E-state index is 14.6. The summed E-state index contributed by atoms with van der Waals surface area (Å²) in [7, 11) is 0. The number of rotatable bonds is 8. The van der Waals surface area contributed by atoms with Crippen molar-refractivity contribution in [2.75, 3.05) is 11.9 Å². The van der Waals surface area contributed by atoms with Crippen molar-refractivity contribution in [3.05, 3.63) is 101 Å². The molecule has 3 heterocycles. The summed E-state index contributed by atoms with van der Waals surface area (Å²) < 4.78 is 6.86. The van der Waals surface area contributed by atoms with E-state index in [1.54, 1.807) is 0 Å². The van der Waals surface area contributed by atoms with Crippen molar-refractivity contribution in [1.29, 1.82) is 0 Å². The average Bonchev–Trinajstić information content (AvgIpc) is 3.52. The van der Waals surface area contributed by atoms with Gasteiger partial charge in [0.25, 0.3) is 0 Å². The molecule has 43 heavy (non-hydrogen) atoms. The van der Waals surface area contributed by atoms with Crippen molar-refractivity contribution in [3.8, 4) is 0 Å². The number of ether oxygens (including phenoxy) is 1. The summed E-state index contributed by atoms with van der Waals surface area (Å²) in [4.78, 5) is 44.6. The van der Waals surface area contributed by atoms with Gasteiger partial charge in [-0.05, 0) is 61.4 Å². The first-order valence-corrected chi connectivity index (χ1v) is 15.0. The van der Waals surface area contributed by atoms with Crippen LogP contribution in [0.1, 0.15) is 48.6 Å². The van der Waals surface area contributed by atoms with Gasteiger partial charge in [-0.25, -0.2) is 0 Å². The maximum absolute atomic E-state index is 14.6. The molecule has 8 nitrogen and oxygen atoms in total. The molecule has 224 valence electrons. The summed E-state index contributed by atoms with van der Waals surface area (Å²) in [6.07, 6.45) is 0.441. The number of fused-ring (bicyclic) bond motifs is 1. The van der Waals surface area contributed by atoms with Crippen molar-refractivity contribution in [1.82, 2.24) is 10.2 Å². The molecule has 7 atom stereocenters. The Morgan fingerprint density at radius 2 is 1.70 bits per heavy atom. The summed E-state index contributed by atoms with van der Waals surface area (Å²) >= 11 is 0. The van der Waals surface area contributed by atoms with E-state index in [9.17, 15) is 19.5 Å². The van der Waals surface area contributed by atoms with Crippen LogP contribution in [-0.2, 0) is 25.7 Å². The number of carbonyl (C=O) groups excluding carboxylic acids is 3. The first-order valence-electron chi connectivity index (χ1n) is 15.0. The van der Waals surface area contributed by atoms with E-state index in [2.05, 4.69) is 10.6 Å². The molecule has 3 aliphatic rings. The van der Waals surface area contributed by atoms with E-state index >= 15 is 0 Å². The summed E-state index contributed by atoms with van der Waals surface area (Å²) in [6.45, 7) is 7.73. The number of benzene rings is 3. The number of hydrogen-bond donors (Lipinski definition) is 3. The number of amides is 3. The Kier molecular flexibility index (Phi) is 7.39. The highest BCUT2D eigenvalue weighted by molar-refractivity contribution is 6.04. The van der Waals surface area contributed by atoms with Gasteiger partial charge in [-0.3, -0.25) is 14.4 Å². The smallest absolute Gasteiger partial charge is 0.250 e. The molecule has 3 aliphatic heterocycles. The third kappa shape index (κ3) is 4.64. The first-order chi connectivity index (χ1) is 20.6. The van der Waals surface area contributed by atoms with Crippen LogP contribution in [0.4, 0.5) is 5.69 Å². The molecule has 1 spiro atoms. The van der Waals surface area contributed by atoms with E-state index in [-0.39, 0.29) is 30.2 Å². The summed E-state index contributed by atoms with van der Waals surface area (Å²) in [5.41, 5.74) is 2.02. The second kappa shape index (κ2) is 10.9. The Balaban J connectivity index is 1.42. The zero-order chi connectivity index (χ0) is 30.5. The number of aliphatic hydroxyl groups excluding tert-OH is 1. The van der Waals surface area contributed by atoms with Gasteiger partial charge in [0.1, 0.15) is 11.6 Å². The van der Waals surface area contributed by atoms with Gasteiger partial charge in [-0.15, -0.1) is 0 Å². The molecule has 3 fully saturated rings. The topological polar surface area (TPSA) is 108 Å². The van der Waals surface area contributed by atoms with Gasteiger partial charge in [0, 0.05) is 12.2 Å². The van der Waals surface area contributed by atoms with Gasteiger partial charge in [-0.1, -0.05) is 79.7 Å². The maximum Gasteiger partial charge on any atom is 0.250 e. The highest BCUT2D eigenvalue weighted by Gasteiger charge is 2.80. The number of likely N-dealkylation sites (tertiary alicyclic amines) is 1. The zero-order valence-corrected chi connectivity index (χ0v) is 25.0. The van der Waals surface area contributed by atoms with Crippen molar-refractivity contribution >= 4 is 23.4 Å². The minimum absolute atomic E-state index is 0.0933. The van der Waals surface area contributed by atoms with Crippen LogP contribution in [0.15, 0.2) is 78.9 Å². The van der Waals surface area contributed by atoms with Gasteiger partial charge in [0.15, 0.2) is 0 Å². The Bertz CT molecular complexity index is 1550. The molecular weight excluding hydrogens is 542 g/mol. The standard InChI is InChI=1S/C35H39N3O5/c1-21-15-16-22(2)26(17-21)37-32(41)30-35-18-23(3)34(4,43-35)28(31(40)36-19-24-11-7-5-8-12-24)29(35)33(42)38(30)27(20-39)25-13-9-6-10-14-25/h5-17,23,27-30,39H,18-20H2,1-4H3,(H,36,40)(H,37,41)/t23?,27-,28+,29+,30?,34-,35?/m1/s1. The Labute approximate surface area is 252 Å². The zero-order valence-electron chi connectivity index (χ0n) is 25.0. The van der Waals surface area contributed by atoms with E-state index in [0.717, 1.165) is 16.7 Å². The number of hydrogen-bond acceptors (Lipinski definition) is 5. The normalized spacial score (nSPS) is 29.8. The number of carbonyl (C=O) groups is 3. The molecule has 6 rings (SSSR count). The number of anilines is 1. The van der Waals surface area contributed by atoms with Gasteiger partial charge in [0.2, 0.25) is 17.7 Å². The quantitative estimate of drug-likeness (QED) is 0.368. The van der Waals surface area contributed by atoms with E-state index in [1.807, 2.05) is 107 Å². The lowest BCUT2D eigenvalue weighted by atomic mass is 9.62. The third-order valence-electron chi connectivity index (χ3n) is 9.94. The summed E-state index contributed by atoms with van der Waals surface area (Å²) in [6, 6.07) is 22.8. The van der Waals surface area contributed by atoms with Crippen LogP contribution in [0.5, 0.6) is 0 Å². The van der Waals surface area contributed by atoms with E-state index in [4.69, 9.17) is 4.74 Å². The molecule has 3 N–H and O–H groups in total. The third-order valence-corrected chi connectivity index (χ3v) is 9.94. The highest BCUT2D eigenvalue weighted by Crippen LogP contribution is 2.66. The van der Waals surface area contributed by atoms with Crippen LogP contribution in [0, 0.1) is 31.6 Å². The molecule has 3 aromatic carbocycles. The molecule has 3 amide bonds. The average molecular weight is 582 g/mol. The summed E-state index contributed by atoms with van der Waals surface area (Å²) in [5, 5.41) is 16.8. The van der Waals surface area contributed by atoms with Crippen molar-refractivity contribution in [2.45, 2.75) is 63.9 Å². The van der Waals surface area contributed by atoms with Crippen LogP contribution < -0.4 is 10.6 Å². The number of nitrogens with one attached hydrogen (secondary N) is 2. The largest absolute Gasteiger partial charge is 0.394 e. The predicted molar refractivity (Wildman–Crippen MR) is 163 cm³/mol. The Hall–Kier alpha value is -4.01. The van der Waals surface area contributed by atoms with E-state index in [0.29, 0.717) is 24.2 Å². The lowest BCUT2D eigenvalue weighted by Gasteiger charge is -2.37.